The summed E-state index contributed by atoms with van der Waals surface area (Å²) in [7, 11) is 0. The maximum Gasteiger partial charge on any atom is 0.246 e. The van der Waals surface area contributed by atoms with Gasteiger partial charge in [0.05, 0.1) is 0 Å². The zero-order valence-electron chi connectivity index (χ0n) is 10.7. The second-order valence-electron chi connectivity index (χ2n) is 4.38. The largest absolute Gasteiger partial charge is 0.337 e. The maximum atomic E-state index is 12.0. The van der Waals surface area contributed by atoms with Crippen LogP contribution in [0.3, 0.4) is 0 Å². The lowest BCUT2D eigenvalue weighted by molar-refractivity contribution is -0.116. The predicted octanol–water partition coefficient (Wildman–Crippen LogP) is 3.31. The summed E-state index contributed by atoms with van der Waals surface area (Å²) in [4.78, 5) is 27.2. The van der Waals surface area contributed by atoms with Crippen molar-refractivity contribution in [3.8, 4) is 0 Å². The monoisotopic (exact) mass is 363 g/mol. The number of aromatic nitrogens is 2. The first-order valence-corrected chi connectivity index (χ1v) is 7.77. The minimum Gasteiger partial charge on any atom is -0.337 e. The summed E-state index contributed by atoms with van der Waals surface area (Å²) in [6, 6.07) is 5.63. The van der Waals surface area contributed by atoms with Crippen molar-refractivity contribution in [1.29, 1.82) is 0 Å². The van der Waals surface area contributed by atoms with Crippen LogP contribution >= 0.6 is 27.3 Å². The molecule has 1 amide bonds. The molecule has 2 aromatic heterocycles. The minimum absolute atomic E-state index is 0.131. The molecule has 0 atom stereocenters. The second-order valence-corrected chi connectivity index (χ2v) is 6.19. The van der Waals surface area contributed by atoms with Gasteiger partial charge in [0.25, 0.3) is 0 Å². The van der Waals surface area contributed by atoms with Crippen molar-refractivity contribution in [1.82, 2.24) is 9.55 Å². The molecule has 0 bridgehead atoms. The molecule has 5 nitrogen and oxygen atoms in total. The number of carbonyl (C=O) groups is 2. The molecule has 3 aromatic rings. The third kappa shape index (κ3) is 2.88. The molecule has 0 spiro atoms. The first-order chi connectivity index (χ1) is 10.2. The summed E-state index contributed by atoms with van der Waals surface area (Å²) in [6.45, 7) is 0.131. The number of hydrogen-bond acceptors (Lipinski definition) is 4. The fourth-order valence-electron chi connectivity index (χ4n) is 2.12. The third-order valence-corrected chi connectivity index (χ3v) is 4.18. The van der Waals surface area contributed by atoms with Gasteiger partial charge < -0.3 is 9.88 Å². The summed E-state index contributed by atoms with van der Waals surface area (Å²) in [5, 5.41) is 5.90. The van der Waals surface area contributed by atoms with Gasteiger partial charge in [0.15, 0.2) is 11.4 Å². The molecule has 0 aliphatic heterocycles. The molecular formula is C14H10BrN3O2S. The van der Waals surface area contributed by atoms with E-state index in [9.17, 15) is 9.59 Å². The fraction of sp³-hybridized carbons (Fsp3) is 0.0714. The third-order valence-electron chi connectivity index (χ3n) is 2.99. The molecule has 2 heterocycles. The number of thiazole rings is 1. The van der Waals surface area contributed by atoms with E-state index in [0.29, 0.717) is 10.7 Å². The first-order valence-electron chi connectivity index (χ1n) is 6.10. The molecule has 1 aromatic carbocycles. The Hall–Kier alpha value is -1.99. The lowest BCUT2D eigenvalue weighted by Gasteiger charge is -2.05. The number of hydrogen-bond donors (Lipinski definition) is 1. The van der Waals surface area contributed by atoms with Crippen LogP contribution in [0.25, 0.3) is 10.9 Å². The van der Waals surface area contributed by atoms with Crippen LogP contribution in [0.15, 0.2) is 40.4 Å². The number of amides is 1. The van der Waals surface area contributed by atoms with Gasteiger partial charge in [-0.1, -0.05) is 15.9 Å². The molecule has 0 aliphatic carbocycles. The number of rotatable bonds is 4. The number of fused-ring (bicyclic) bond motifs is 1. The summed E-state index contributed by atoms with van der Waals surface area (Å²) in [5.74, 6) is -0.179. The van der Waals surface area contributed by atoms with E-state index in [4.69, 9.17) is 0 Å². The zero-order chi connectivity index (χ0) is 14.8. The van der Waals surface area contributed by atoms with Crippen molar-refractivity contribution < 1.29 is 9.59 Å². The number of nitrogens with zero attached hydrogens (tertiary/aromatic N) is 2. The van der Waals surface area contributed by atoms with Crippen molar-refractivity contribution >= 4 is 55.5 Å². The van der Waals surface area contributed by atoms with Gasteiger partial charge in [0, 0.05) is 38.7 Å². The van der Waals surface area contributed by atoms with Gasteiger partial charge in [-0.15, -0.1) is 11.3 Å². The van der Waals surface area contributed by atoms with Crippen LogP contribution in [-0.2, 0) is 11.3 Å². The Morgan fingerprint density at radius 1 is 1.48 bits per heavy atom. The van der Waals surface area contributed by atoms with Gasteiger partial charge in [-0.05, 0) is 18.2 Å². The van der Waals surface area contributed by atoms with E-state index in [1.807, 2.05) is 18.2 Å². The summed E-state index contributed by atoms with van der Waals surface area (Å²) >= 11 is 4.75. The smallest absolute Gasteiger partial charge is 0.246 e. The molecule has 0 fully saturated rings. The molecule has 1 N–H and O–H groups in total. The lowest BCUT2D eigenvalue weighted by atomic mass is 10.2. The highest BCUT2D eigenvalue weighted by atomic mass is 79.9. The molecule has 0 unspecified atom stereocenters. The van der Waals surface area contributed by atoms with Gasteiger partial charge in [0.2, 0.25) is 5.91 Å². The molecule has 21 heavy (non-hydrogen) atoms. The second kappa shape index (κ2) is 5.79. The van der Waals surface area contributed by atoms with Crippen LogP contribution in [0, 0.1) is 0 Å². The number of carbonyl (C=O) groups excluding carboxylic acids is 2. The normalized spacial score (nSPS) is 10.7. The average molecular weight is 364 g/mol. The molecule has 0 aliphatic rings. The highest BCUT2D eigenvalue weighted by molar-refractivity contribution is 9.10. The first kappa shape index (κ1) is 14.0. The molecule has 0 saturated heterocycles. The van der Waals surface area contributed by atoms with Crippen molar-refractivity contribution in [2.45, 2.75) is 6.54 Å². The lowest BCUT2D eigenvalue weighted by Crippen LogP contribution is -2.18. The van der Waals surface area contributed by atoms with Gasteiger partial charge in [-0.3, -0.25) is 9.59 Å². The summed E-state index contributed by atoms with van der Waals surface area (Å²) < 4.78 is 2.65. The van der Waals surface area contributed by atoms with E-state index < -0.39 is 0 Å². The van der Waals surface area contributed by atoms with E-state index in [0.717, 1.165) is 21.7 Å². The van der Waals surface area contributed by atoms with E-state index in [2.05, 4.69) is 26.2 Å². The van der Waals surface area contributed by atoms with Gasteiger partial charge in [-0.25, -0.2) is 4.98 Å². The number of aldehydes is 1. The van der Waals surface area contributed by atoms with E-state index in [1.54, 1.807) is 22.3 Å². The Morgan fingerprint density at radius 3 is 3.05 bits per heavy atom. The SMILES string of the molecule is O=Cc1cn(CC(=O)Nc2nccs2)c2ccc(Br)cc12. The molecule has 0 saturated carbocycles. The van der Waals surface area contributed by atoms with Gasteiger partial charge in [-0.2, -0.15) is 0 Å². The van der Waals surface area contributed by atoms with Gasteiger partial charge in [0.1, 0.15) is 6.54 Å². The van der Waals surface area contributed by atoms with Crippen LogP contribution < -0.4 is 5.32 Å². The zero-order valence-corrected chi connectivity index (χ0v) is 13.1. The molecule has 106 valence electrons. The Balaban J connectivity index is 1.90. The van der Waals surface area contributed by atoms with Crippen LogP contribution in [-0.4, -0.2) is 21.7 Å². The van der Waals surface area contributed by atoms with Crippen LogP contribution in [0.4, 0.5) is 5.13 Å². The molecule has 0 radical (unpaired) electrons. The van der Waals surface area contributed by atoms with Gasteiger partial charge >= 0.3 is 0 Å². The highest BCUT2D eigenvalue weighted by Crippen LogP contribution is 2.24. The standard InChI is InChI=1S/C14H10BrN3O2S/c15-10-1-2-12-11(5-10)9(8-19)6-18(12)7-13(20)17-14-16-3-4-21-14/h1-6,8H,7H2,(H,16,17,20). The average Bonchev–Trinajstić information content (AvgIpc) is 3.07. The number of halogens is 1. The fourth-order valence-corrected chi connectivity index (χ4v) is 3.03. The predicted molar refractivity (Wildman–Crippen MR) is 85.8 cm³/mol. The van der Waals surface area contributed by atoms with Crippen molar-refractivity contribution in [2.24, 2.45) is 0 Å². The van der Waals surface area contributed by atoms with Crippen LogP contribution in [0.5, 0.6) is 0 Å². The van der Waals surface area contributed by atoms with E-state index in [1.165, 1.54) is 11.3 Å². The maximum absolute atomic E-state index is 12.0. The molecule has 7 heteroatoms. The topological polar surface area (TPSA) is 64.0 Å². The van der Waals surface area contributed by atoms with Crippen molar-refractivity contribution in [2.75, 3.05) is 5.32 Å². The molecule has 3 rings (SSSR count). The van der Waals surface area contributed by atoms with Crippen LogP contribution in [0.1, 0.15) is 10.4 Å². The van der Waals surface area contributed by atoms with Crippen molar-refractivity contribution in [3.63, 3.8) is 0 Å². The van der Waals surface area contributed by atoms with E-state index in [-0.39, 0.29) is 12.5 Å². The highest BCUT2D eigenvalue weighted by Gasteiger charge is 2.12. The Kier molecular flexibility index (Phi) is 3.85. The Labute approximate surface area is 132 Å². The number of nitrogens with one attached hydrogen (secondary N) is 1. The minimum atomic E-state index is -0.179. The molecular weight excluding hydrogens is 354 g/mol. The van der Waals surface area contributed by atoms with Crippen LogP contribution in [0.2, 0.25) is 0 Å². The summed E-state index contributed by atoms with van der Waals surface area (Å²) in [6.07, 6.45) is 4.11. The number of anilines is 1. The Bertz CT molecular complexity index is 811. The summed E-state index contributed by atoms with van der Waals surface area (Å²) in [5.41, 5.74) is 1.41. The Morgan fingerprint density at radius 2 is 2.33 bits per heavy atom. The number of benzene rings is 1. The quantitative estimate of drug-likeness (QED) is 0.723. The van der Waals surface area contributed by atoms with Crippen molar-refractivity contribution in [3.05, 3.63) is 46.0 Å². The van der Waals surface area contributed by atoms with E-state index >= 15 is 0 Å².